The number of amidine groups is 1. The summed E-state index contributed by atoms with van der Waals surface area (Å²) >= 11 is 0. The smallest absolute Gasteiger partial charge is 0.126 e. The zero-order valence-corrected chi connectivity index (χ0v) is 7.63. The third-order valence-corrected chi connectivity index (χ3v) is 1.70. The first-order chi connectivity index (χ1) is 6.20. The Kier molecular flexibility index (Phi) is 3.43. The summed E-state index contributed by atoms with van der Waals surface area (Å²) < 4.78 is 13.0. The molecule has 1 aromatic rings. The molecule has 0 aliphatic carbocycles. The average Bonchev–Trinajstić information content (AvgIpc) is 2.08. The van der Waals surface area contributed by atoms with Crippen LogP contribution in [0.4, 0.5) is 4.39 Å². The van der Waals surface area contributed by atoms with Crippen LogP contribution in [0.5, 0.6) is 0 Å². The minimum Gasteiger partial charge on any atom is -0.388 e. The molecule has 2 N–H and O–H groups in total. The highest BCUT2D eigenvalue weighted by atomic mass is 18.2. The Morgan fingerprint density at radius 3 is 2.77 bits per heavy atom. The maximum atomic E-state index is 13.0. The van der Waals surface area contributed by atoms with Gasteiger partial charge >= 0.3 is 0 Å². The lowest BCUT2D eigenvalue weighted by molar-refractivity contribution is 0.609. The van der Waals surface area contributed by atoms with E-state index in [0.717, 1.165) is 0 Å². The highest BCUT2D eigenvalue weighted by molar-refractivity contribution is 5.77. The van der Waals surface area contributed by atoms with Crippen LogP contribution in [-0.2, 0) is 6.42 Å². The minimum atomic E-state index is -0.174. The van der Waals surface area contributed by atoms with E-state index in [-0.39, 0.29) is 5.82 Å². The van der Waals surface area contributed by atoms with Crippen molar-refractivity contribution in [1.82, 2.24) is 0 Å². The molecule has 0 saturated heterocycles. The number of nitrogens with two attached hydrogens (primary N) is 1. The van der Waals surface area contributed by atoms with Crippen LogP contribution < -0.4 is 5.73 Å². The van der Waals surface area contributed by atoms with E-state index < -0.39 is 0 Å². The highest BCUT2D eigenvalue weighted by Crippen LogP contribution is 2.06. The SMILES string of the molecule is CC(N)=NCCc1ccccc1[18F]. The van der Waals surface area contributed by atoms with Crippen molar-refractivity contribution in [2.24, 2.45) is 10.7 Å². The third kappa shape index (κ3) is 3.23. The first-order valence-electron chi connectivity index (χ1n) is 4.20. The van der Waals surface area contributed by atoms with Crippen LogP contribution in [0.15, 0.2) is 29.3 Å². The summed E-state index contributed by atoms with van der Waals surface area (Å²) in [7, 11) is 0. The van der Waals surface area contributed by atoms with E-state index in [0.29, 0.717) is 24.4 Å². The molecule has 0 unspecified atom stereocenters. The Morgan fingerprint density at radius 2 is 2.15 bits per heavy atom. The maximum absolute atomic E-state index is 13.0. The van der Waals surface area contributed by atoms with Gasteiger partial charge in [0.2, 0.25) is 0 Å². The van der Waals surface area contributed by atoms with E-state index in [9.17, 15) is 4.39 Å². The van der Waals surface area contributed by atoms with E-state index in [1.807, 2.05) is 6.07 Å². The lowest BCUT2D eigenvalue weighted by atomic mass is 10.1. The summed E-state index contributed by atoms with van der Waals surface area (Å²) in [6.07, 6.45) is 0.598. The lowest BCUT2D eigenvalue weighted by Gasteiger charge is -1.99. The summed E-state index contributed by atoms with van der Waals surface area (Å²) in [6.45, 7) is 2.27. The van der Waals surface area contributed by atoms with Crippen molar-refractivity contribution in [2.75, 3.05) is 6.54 Å². The van der Waals surface area contributed by atoms with Crippen molar-refractivity contribution in [3.63, 3.8) is 0 Å². The molecule has 1 aromatic carbocycles. The van der Waals surface area contributed by atoms with Gasteiger partial charge in [-0.25, -0.2) is 4.39 Å². The third-order valence-electron chi connectivity index (χ3n) is 1.70. The van der Waals surface area contributed by atoms with Gasteiger partial charge in [-0.3, -0.25) is 4.99 Å². The molecule has 1 rings (SSSR count). The van der Waals surface area contributed by atoms with Gasteiger partial charge in [0.1, 0.15) is 5.82 Å². The summed E-state index contributed by atoms with van der Waals surface area (Å²) in [4.78, 5) is 3.99. The summed E-state index contributed by atoms with van der Waals surface area (Å²) in [5, 5.41) is 0. The number of hydrogen-bond donors (Lipinski definition) is 1. The maximum Gasteiger partial charge on any atom is 0.126 e. The van der Waals surface area contributed by atoms with Gasteiger partial charge < -0.3 is 5.73 Å². The van der Waals surface area contributed by atoms with Crippen LogP contribution in [-0.4, -0.2) is 12.4 Å². The van der Waals surface area contributed by atoms with Crippen LogP contribution in [0.25, 0.3) is 0 Å². The summed E-state index contributed by atoms with van der Waals surface area (Å²) in [5.41, 5.74) is 6.04. The van der Waals surface area contributed by atoms with Gasteiger partial charge in [-0.15, -0.1) is 0 Å². The fraction of sp³-hybridized carbons (Fsp3) is 0.300. The van der Waals surface area contributed by atoms with Gasteiger partial charge in [-0.05, 0) is 25.0 Å². The summed E-state index contributed by atoms with van der Waals surface area (Å²) in [5.74, 6) is 0.365. The molecule has 0 bridgehead atoms. The summed E-state index contributed by atoms with van der Waals surface area (Å²) in [6, 6.07) is 6.71. The molecule has 3 heteroatoms. The van der Waals surface area contributed by atoms with Crippen LogP contribution >= 0.6 is 0 Å². The molecule has 0 fully saturated rings. The largest absolute Gasteiger partial charge is 0.388 e. The Morgan fingerprint density at radius 1 is 1.46 bits per heavy atom. The van der Waals surface area contributed by atoms with Gasteiger partial charge in [0, 0.05) is 6.54 Å². The van der Waals surface area contributed by atoms with Gasteiger partial charge in [0.15, 0.2) is 0 Å². The molecule has 0 aliphatic rings. The van der Waals surface area contributed by atoms with Crippen molar-refractivity contribution in [2.45, 2.75) is 13.3 Å². The highest BCUT2D eigenvalue weighted by Gasteiger charge is 1.98. The van der Waals surface area contributed by atoms with Crippen molar-refractivity contribution in [3.05, 3.63) is 35.6 Å². The first-order valence-corrected chi connectivity index (χ1v) is 4.20. The van der Waals surface area contributed by atoms with Crippen LogP contribution in [0.2, 0.25) is 0 Å². The topological polar surface area (TPSA) is 38.4 Å². The molecule has 0 saturated carbocycles. The van der Waals surface area contributed by atoms with Gasteiger partial charge in [0.25, 0.3) is 0 Å². The number of aliphatic imine (C=N–C) groups is 1. The zero-order chi connectivity index (χ0) is 9.68. The van der Waals surface area contributed by atoms with Crippen molar-refractivity contribution in [1.29, 1.82) is 0 Å². The minimum absolute atomic E-state index is 0.174. The standard InChI is InChI=1S/C10H13FN2/c1-8(12)13-7-6-9-4-2-3-5-10(9)11/h2-5H,6-7H2,1H3,(H2,12,13)/i11-1. The normalized spacial score (nSPS) is 11.7. The Bertz CT molecular complexity index is 304. The molecular weight excluding hydrogens is 166 g/mol. The average molecular weight is 179 g/mol. The number of benzene rings is 1. The van der Waals surface area contributed by atoms with Crippen LogP contribution in [0.1, 0.15) is 12.5 Å². The molecule has 0 spiro atoms. The van der Waals surface area contributed by atoms with Gasteiger partial charge in [0.05, 0.1) is 5.84 Å². The predicted octanol–water partition coefficient (Wildman–Crippen LogP) is 1.75. The quantitative estimate of drug-likeness (QED) is 0.557. The predicted molar refractivity (Wildman–Crippen MR) is 52.3 cm³/mol. The molecule has 13 heavy (non-hydrogen) atoms. The number of hydrogen-bond acceptors (Lipinski definition) is 1. The Hall–Kier alpha value is -1.38. The molecule has 0 heterocycles. The second kappa shape index (κ2) is 4.60. The second-order valence-corrected chi connectivity index (χ2v) is 2.86. The molecule has 0 aromatic heterocycles. The molecular formula is C10H13FN2. The van der Waals surface area contributed by atoms with Crippen LogP contribution in [0, 0.1) is 5.82 Å². The number of halogens is 1. The molecule has 0 aliphatic heterocycles. The van der Waals surface area contributed by atoms with Crippen molar-refractivity contribution < 1.29 is 4.39 Å². The molecule has 2 nitrogen and oxygen atoms in total. The monoisotopic (exact) mass is 179 g/mol. The van der Waals surface area contributed by atoms with E-state index in [2.05, 4.69) is 4.99 Å². The van der Waals surface area contributed by atoms with Crippen molar-refractivity contribution >= 4 is 5.84 Å². The van der Waals surface area contributed by atoms with E-state index >= 15 is 0 Å². The lowest BCUT2D eigenvalue weighted by Crippen LogP contribution is -2.07. The number of rotatable bonds is 3. The Balaban J connectivity index is 2.55. The van der Waals surface area contributed by atoms with Crippen molar-refractivity contribution in [3.8, 4) is 0 Å². The second-order valence-electron chi connectivity index (χ2n) is 2.86. The molecule has 0 amide bonds. The van der Waals surface area contributed by atoms with E-state index in [1.165, 1.54) is 6.07 Å². The first kappa shape index (κ1) is 9.71. The van der Waals surface area contributed by atoms with Gasteiger partial charge in [-0.1, -0.05) is 18.2 Å². The zero-order valence-electron chi connectivity index (χ0n) is 7.63. The molecule has 0 radical (unpaired) electrons. The van der Waals surface area contributed by atoms with E-state index in [4.69, 9.17) is 5.73 Å². The molecule has 0 atom stereocenters. The fourth-order valence-electron chi connectivity index (χ4n) is 1.05. The Labute approximate surface area is 77.3 Å². The van der Waals surface area contributed by atoms with Gasteiger partial charge in [-0.2, -0.15) is 0 Å². The number of nitrogens with zero attached hydrogens (tertiary/aromatic N) is 1. The van der Waals surface area contributed by atoms with Crippen LogP contribution in [0.3, 0.4) is 0 Å². The molecule has 70 valence electrons. The fourth-order valence-corrected chi connectivity index (χ4v) is 1.05. The van der Waals surface area contributed by atoms with E-state index in [1.54, 1.807) is 19.1 Å².